The Morgan fingerprint density at radius 3 is 2.39 bits per heavy atom. The number of amides is 1. The Hall–Kier alpha value is -3.57. The van der Waals surface area contributed by atoms with Gasteiger partial charge in [-0.2, -0.15) is 0 Å². The molecule has 11 heteroatoms. The molecule has 0 radical (unpaired) electrons. The lowest BCUT2D eigenvalue weighted by atomic mass is 9.74. The monoisotopic (exact) mass is 609 g/mol. The molecule has 3 heterocycles. The Morgan fingerprint density at radius 2 is 1.82 bits per heavy atom. The molecule has 3 unspecified atom stereocenters. The van der Waals surface area contributed by atoms with E-state index in [1.165, 1.54) is 38.1 Å². The van der Waals surface area contributed by atoms with Crippen LogP contribution in [0.2, 0.25) is 0 Å². The summed E-state index contributed by atoms with van der Waals surface area (Å²) in [4.78, 5) is 46.8. The summed E-state index contributed by atoms with van der Waals surface area (Å²) in [5.41, 5.74) is 7.95. The fourth-order valence-corrected chi connectivity index (χ4v) is 6.67. The average molecular weight is 610 g/mol. The number of methoxy groups -OCH3 is 1. The number of likely N-dealkylation sites (N-methyl/N-ethyl adjacent to an activating group) is 1. The maximum Gasteiger partial charge on any atom is 0.330 e. The highest BCUT2D eigenvalue weighted by Crippen LogP contribution is 2.37. The second kappa shape index (κ2) is 16.5. The zero-order valence-corrected chi connectivity index (χ0v) is 27.1. The number of primary amides is 1. The fraction of sp³-hybridized carbons (Fsp3) is 0.606. The van der Waals surface area contributed by atoms with Crippen LogP contribution in [0.4, 0.5) is 17.3 Å². The van der Waals surface area contributed by atoms with Gasteiger partial charge in [0.25, 0.3) is 5.91 Å². The van der Waals surface area contributed by atoms with E-state index in [2.05, 4.69) is 53.4 Å². The molecule has 44 heavy (non-hydrogen) atoms. The lowest BCUT2D eigenvalue weighted by Gasteiger charge is -2.43. The number of carbonyl (C=O) groups excluding carboxylic acids is 3. The number of ether oxygens (including phenoxy) is 1. The summed E-state index contributed by atoms with van der Waals surface area (Å²) in [6, 6.07) is 8.44. The molecule has 242 valence electrons. The number of carbonyl (C=O) groups is 3. The molecule has 0 aliphatic carbocycles. The summed E-state index contributed by atoms with van der Waals surface area (Å²) in [5.74, 6) is -0.246. The van der Waals surface area contributed by atoms with Crippen LogP contribution in [0.25, 0.3) is 0 Å². The van der Waals surface area contributed by atoms with Crippen molar-refractivity contribution in [2.24, 2.45) is 5.73 Å². The molecule has 2 aromatic rings. The summed E-state index contributed by atoms with van der Waals surface area (Å²) in [5, 5.41) is 6.67. The Labute approximate surface area is 262 Å². The van der Waals surface area contributed by atoms with Crippen molar-refractivity contribution < 1.29 is 19.1 Å². The van der Waals surface area contributed by atoms with Crippen LogP contribution in [0.3, 0.4) is 0 Å². The molecule has 0 spiro atoms. The molecular weight excluding hydrogens is 558 g/mol. The van der Waals surface area contributed by atoms with E-state index in [1.54, 1.807) is 0 Å². The SMILES string of the molecule is C=O.CCCC(CC)N1CCC(C)(c2ccc(Nc3nc(N4CCCC(NCC)C4C(=O)OC)cnc3C(N)=O)cc2)CC1. The van der Waals surface area contributed by atoms with Crippen LogP contribution in [-0.4, -0.2) is 84.9 Å². The van der Waals surface area contributed by atoms with Crippen LogP contribution in [0.1, 0.15) is 88.7 Å². The van der Waals surface area contributed by atoms with E-state index in [1.807, 2.05) is 30.7 Å². The molecule has 0 bridgehead atoms. The van der Waals surface area contributed by atoms with Gasteiger partial charge in [0, 0.05) is 24.3 Å². The zero-order valence-electron chi connectivity index (χ0n) is 27.1. The van der Waals surface area contributed by atoms with Crippen molar-refractivity contribution >= 4 is 36.0 Å². The van der Waals surface area contributed by atoms with E-state index >= 15 is 0 Å². The van der Waals surface area contributed by atoms with Crippen molar-refractivity contribution in [1.82, 2.24) is 20.2 Å². The summed E-state index contributed by atoms with van der Waals surface area (Å²) < 4.78 is 5.15. The highest BCUT2D eigenvalue weighted by Gasteiger charge is 2.39. The highest BCUT2D eigenvalue weighted by atomic mass is 16.5. The number of benzene rings is 1. The first-order chi connectivity index (χ1) is 21.2. The number of esters is 1. The first-order valence-electron chi connectivity index (χ1n) is 15.9. The average Bonchev–Trinajstić information content (AvgIpc) is 3.05. The van der Waals surface area contributed by atoms with Crippen LogP contribution in [0.5, 0.6) is 0 Å². The van der Waals surface area contributed by atoms with E-state index in [0.717, 1.165) is 51.0 Å². The molecule has 3 atom stereocenters. The van der Waals surface area contributed by atoms with Crippen LogP contribution in [0.15, 0.2) is 30.5 Å². The third-order valence-corrected chi connectivity index (χ3v) is 9.18. The van der Waals surface area contributed by atoms with E-state index in [9.17, 15) is 9.59 Å². The zero-order chi connectivity index (χ0) is 32.3. The van der Waals surface area contributed by atoms with Gasteiger partial charge < -0.3 is 35.7 Å². The molecule has 2 aliphatic rings. The minimum absolute atomic E-state index is 0.0505. The molecule has 2 aliphatic heterocycles. The molecule has 1 aromatic heterocycles. The molecule has 2 saturated heterocycles. The third-order valence-electron chi connectivity index (χ3n) is 9.18. The molecule has 4 N–H and O–H groups in total. The number of rotatable bonds is 12. The van der Waals surface area contributed by atoms with Gasteiger partial charge in [0.2, 0.25) is 0 Å². The normalized spacial score (nSPS) is 20.6. The largest absolute Gasteiger partial charge is 0.467 e. The van der Waals surface area contributed by atoms with Gasteiger partial charge in [-0.25, -0.2) is 14.8 Å². The first kappa shape index (κ1) is 34.9. The number of hydrogen-bond donors (Lipinski definition) is 3. The summed E-state index contributed by atoms with van der Waals surface area (Å²) in [7, 11) is 1.40. The Kier molecular flexibility index (Phi) is 13.1. The number of hydrogen-bond acceptors (Lipinski definition) is 10. The predicted molar refractivity (Wildman–Crippen MR) is 174 cm³/mol. The molecule has 2 fully saturated rings. The lowest BCUT2D eigenvalue weighted by molar-refractivity contribution is -0.143. The standard InChI is InChI=1S/C32H49N7O3.CH2O/c1-6-10-24(7-2)38-19-16-32(4,17-20-38)22-12-14-23(15-13-22)36-30-27(29(33)40)35-21-26(37-30)39-18-9-11-25(34-8-3)28(39)31(41)42-5;1-2/h12-15,21,24-25,28,34H,6-11,16-20H2,1-5H3,(H2,33,40)(H,36,37);1H2. The van der Waals surface area contributed by atoms with Crippen LogP contribution < -0.4 is 21.3 Å². The lowest BCUT2D eigenvalue weighted by Crippen LogP contribution is -2.58. The Bertz CT molecular complexity index is 1220. The minimum atomic E-state index is -0.672. The molecule has 1 aromatic carbocycles. The third kappa shape index (κ3) is 8.12. The highest BCUT2D eigenvalue weighted by molar-refractivity contribution is 5.96. The molecule has 0 saturated carbocycles. The van der Waals surface area contributed by atoms with Gasteiger partial charge in [-0.1, -0.05) is 46.2 Å². The number of nitrogens with one attached hydrogen (secondary N) is 2. The number of aromatic nitrogens is 2. The van der Waals surface area contributed by atoms with Crippen LogP contribution in [0, 0.1) is 0 Å². The fourth-order valence-electron chi connectivity index (χ4n) is 6.67. The van der Waals surface area contributed by atoms with Crippen molar-refractivity contribution in [2.75, 3.05) is 43.5 Å². The van der Waals surface area contributed by atoms with Gasteiger partial charge in [0.05, 0.1) is 13.3 Å². The van der Waals surface area contributed by atoms with Crippen LogP contribution in [-0.2, 0) is 19.7 Å². The van der Waals surface area contributed by atoms with Gasteiger partial charge in [-0.05, 0) is 81.3 Å². The maximum atomic E-state index is 12.8. The smallest absolute Gasteiger partial charge is 0.330 e. The number of piperidine rings is 2. The van der Waals surface area contributed by atoms with Gasteiger partial charge >= 0.3 is 5.97 Å². The second-order valence-corrected chi connectivity index (χ2v) is 11.9. The minimum Gasteiger partial charge on any atom is -0.467 e. The number of likely N-dealkylation sites (tertiary alicyclic amines) is 1. The van der Waals surface area contributed by atoms with E-state index < -0.39 is 11.9 Å². The molecule has 11 nitrogen and oxygen atoms in total. The summed E-state index contributed by atoms with van der Waals surface area (Å²) >= 11 is 0. The van der Waals surface area contributed by atoms with E-state index in [0.29, 0.717) is 18.4 Å². The van der Waals surface area contributed by atoms with Gasteiger partial charge in [0.1, 0.15) is 18.6 Å². The molecular formula is C33H51N7O4. The van der Waals surface area contributed by atoms with Gasteiger partial charge in [0.15, 0.2) is 11.5 Å². The first-order valence-corrected chi connectivity index (χ1v) is 15.9. The maximum absolute atomic E-state index is 12.8. The molecule has 4 rings (SSSR count). The van der Waals surface area contributed by atoms with E-state index in [4.69, 9.17) is 20.2 Å². The number of anilines is 3. The molecule has 1 amide bonds. The Morgan fingerprint density at radius 1 is 1.14 bits per heavy atom. The Balaban J connectivity index is 0.00000259. The van der Waals surface area contributed by atoms with Crippen molar-refractivity contribution in [2.45, 2.75) is 96.2 Å². The second-order valence-electron chi connectivity index (χ2n) is 11.9. The summed E-state index contributed by atoms with van der Waals surface area (Å²) in [6.45, 7) is 14.5. The van der Waals surface area contributed by atoms with Crippen molar-refractivity contribution in [3.05, 3.63) is 41.7 Å². The van der Waals surface area contributed by atoms with Gasteiger partial charge in [-0.15, -0.1) is 0 Å². The van der Waals surface area contributed by atoms with E-state index in [-0.39, 0.29) is 28.9 Å². The number of nitrogens with zero attached hydrogens (tertiary/aromatic N) is 4. The summed E-state index contributed by atoms with van der Waals surface area (Å²) in [6.07, 6.45) is 9.20. The van der Waals surface area contributed by atoms with Crippen molar-refractivity contribution in [1.29, 1.82) is 0 Å². The van der Waals surface area contributed by atoms with Crippen molar-refractivity contribution in [3.63, 3.8) is 0 Å². The van der Waals surface area contributed by atoms with Crippen LogP contribution >= 0.6 is 0 Å². The van der Waals surface area contributed by atoms with Crippen molar-refractivity contribution in [3.8, 4) is 0 Å². The number of nitrogens with two attached hydrogens (primary N) is 1. The quantitative estimate of drug-likeness (QED) is 0.300. The van der Waals surface area contributed by atoms with Gasteiger partial charge in [-0.3, -0.25) is 4.79 Å². The predicted octanol–water partition coefficient (Wildman–Crippen LogP) is 4.19. The topological polar surface area (TPSA) is 143 Å².